The Morgan fingerprint density at radius 1 is 0.964 bits per heavy atom. The number of nitrogens with zero attached hydrogens (tertiary/aromatic N) is 5. The third-order valence-electron chi connectivity index (χ3n) is 5.83. The average molecular weight is 375 g/mol. The lowest BCUT2D eigenvalue weighted by atomic mass is 9.93. The van der Waals surface area contributed by atoms with Crippen LogP contribution in [0.25, 0.3) is 10.9 Å². The summed E-state index contributed by atoms with van der Waals surface area (Å²) in [5.41, 5.74) is 2.06. The Balaban J connectivity index is 1.25. The Morgan fingerprint density at radius 2 is 1.75 bits per heavy atom. The van der Waals surface area contributed by atoms with E-state index in [1.807, 2.05) is 12.1 Å². The number of anilines is 1. The molecule has 0 bridgehead atoms. The minimum atomic E-state index is 0.134. The van der Waals surface area contributed by atoms with Crippen molar-refractivity contribution in [3.05, 3.63) is 54.5 Å². The number of ether oxygens (including phenoxy) is 1. The van der Waals surface area contributed by atoms with Crippen LogP contribution < -0.4 is 9.64 Å². The number of piperidine rings is 1. The molecule has 0 aliphatic carbocycles. The van der Waals surface area contributed by atoms with E-state index >= 15 is 0 Å². The molecule has 0 saturated carbocycles. The molecule has 144 valence electrons. The molecule has 4 heterocycles. The molecular formula is C22H25N5O. The van der Waals surface area contributed by atoms with Gasteiger partial charge in [0.15, 0.2) is 0 Å². The predicted octanol–water partition coefficient (Wildman–Crippen LogP) is 3.10. The van der Waals surface area contributed by atoms with Gasteiger partial charge in [-0.05, 0) is 51.2 Å². The van der Waals surface area contributed by atoms with Crippen LogP contribution in [0.4, 0.5) is 5.82 Å². The Kier molecular flexibility index (Phi) is 4.56. The summed E-state index contributed by atoms with van der Waals surface area (Å²) in [6, 6.07) is 12.4. The number of fused-ring (bicyclic) bond motifs is 1. The number of para-hydroxylation sites is 1. The Hall–Kier alpha value is -2.73. The number of pyridine rings is 1. The summed E-state index contributed by atoms with van der Waals surface area (Å²) < 4.78 is 6.24. The van der Waals surface area contributed by atoms with Crippen molar-refractivity contribution in [3.63, 3.8) is 0 Å². The molecule has 0 spiro atoms. The van der Waals surface area contributed by atoms with E-state index in [9.17, 15) is 0 Å². The van der Waals surface area contributed by atoms with E-state index in [4.69, 9.17) is 9.72 Å². The highest BCUT2D eigenvalue weighted by atomic mass is 16.5. The molecule has 2 aliphatic rings. The van der Waals surface area contributed by atoms with Crippen molar-refractivity contribution in [2.24, 2.45) is 0 Å². The van der Waals surface area contributed by atoms with Gasteiger partial charge in [0.1, 0.15) is 17.6 Å². The summed E-state index contributed by atoms with van der Waals surface area (Å²) in [6.45, 7) is 3.86. The van der Waals surface area contributed by atoms with Crippen LogP contribution in [0.15, 0.2) is 48.8 Å². The zero-order valence-corrected chi connectivity index (χ0v) is 16.2. The first-order valence-electron chi connectivity index (χ1n) is 10.0. The first kappa shape index (κ1) is 17.4. The average Bonchev–Trinajstić information content (AvgIpc) is 2.71. The fraction of sp³-hybridized carbons (Fsp3) is 0.409. The van der Waals surface area contributed by atoms with Gasteiger partial charge < -0.3 is 14.5 Å². The number of benzene rings is 1. The van der Waals surface area contributed by atoms with Gasteiger partial charge in [-0.2, -0.15) is 0 Å². The van der Waals surface area contributed by atoms with E-state index in [0.29, 0.717) is 11.8 Å². The van der Waals surface area contributed by atoms with Gasteiger partial charge in [-0.3, -0.25) is 4.98 Å². The molecule has 0 atom stereocenters. The second kappa shape index (κ2) is 7.36. The summed E-state index contributed by atoms with van der Waals surface area (Å²) in [6.07, 6.45) is 5.88. The lowest BCUT2D eigenvalue weighted by Gasteiger charge is -2.40. The smallest absolute Gasteiger partial charge is 0.236 e. The third kappa shape index (κ3) is 3.40. The highest BCUT2D eigenvalue weighted by Crippen LogP contribution is 2.32. The quantitative estimate of drug-likeness (QED) is 0.698. The normalized spacial score (nSPS) is 19.0. The van der Waals surface area contributed by atoms with Crippen molar-refractivity contribution in [3.8, 4) is 5.88 Å². The Bertz CT molecular complexity index is 964. The molecule has 2 aliphatic heterocycles. The monoisotopic (exact) mass is 375 g/mol. The second-order valence-corrected chi connectivity index (χ2v) is 7.83. The topological polar surface area (TPSA) is 54.4 Å². The maximum Gasteiger partial charge on any atom is 0.236 e. The molecule has 6 heteroatoms. The van der Waals surface area contributed by atoms with E-state index in [2.05, 4.69) is 51.1 Å². The van der Waals surface area contributed by atoms with E-state index < -0.39 is 0 Å². The van der Waals surface area contributed by atoms with Crippen LogP contribution in [0.3, 0.4) is 0 Å². The number of hydrogen-bond acceptors (Lipinski definition) is 6. The van der Waals surface area contributed by atoms with Gasteiger partial charge in [0.05, 0.1) is 18.6 Å². The Labute approximate surface area is 165 Å². The summed E-state index contributed by atoms with van der Waals surface area (Å²) in [4.78, 5) is 18.5. The minimum Gasteiger partial charge on any atom is -0.469 e. The maximum absolute atomic E-state index is 6.24. The third-order valence-corrected chi connectivity index (χ3v) is 5.83. The number of hydrogen-bond donors (Lipinski definition) is 0. The molecule has 2 fully saturated rings. The van der Waals surface area contributed by atoms with Crippen LogP contribution in [0.1, 0.15) is 24.5 Å². The van der Waals surface area contributed by atoms with Crippen molar-refractivity contribution < 1.29 is 4.74 Å². The molecule has 2 saturated heterocycles. The second-order valence-electron chi connectivity index (χ2n) is 7.83. The molecule has 28 heavy (non-hydrogen) atoms. The molecule has 6 nitrogen and oxygen atoms in total. The van der Waals surface area contributed by atoms with Gasteiger partial charge >= 0.3 is 0 Å². The molecule has 3 aromatic rings. The fourth-order valence-corrected chi connectivity index (χ4v) is 4.08. The van der Waals surface area contributed by atoms with E-state index in [-0.39, 0.29) is 6.10 Å². The maximum atomic E-state index is 6.24. The molecule has 2 aromatic heterocycles. The van der Waals surface area contributed by atoms with Crippen LogP contribution in [-0.4, -0.2) is 59.2 Å². The largest absolute Gasteiger partial charge is 0.469 e. The highest BCUT2D eigenvalue weighted by molar-refractivity contribution is 5.80. The van der Waals surface area contributed by atoms with Gasteiger partial charge in [0.25, 0.3) is 0 Å². The highest BCUT2D eigenvalue weighted by Gasteiger charge is 2.32. The van der Waals surface area contributed by atoms with Crippen LogP contribution in [0.2, 0.25) is 0 Å². The number of aromatic nitrogens is 3. The van der Waals surface area contributed by atoms with Crippen molar-refractivity contribution in [1.29, 1.82) is 0 Å². The van der Waals surface area contributed by atoms with E-state index in [0.717, 1.165) is 56.0 Å². The minimum absolute atomic E-state index is 0.134. The summed E-state index contributed by atoms with van der Waals surface area (Å²) in [7, 11) is 2.17. The van der Waals surface area contributed by atoms with Crippen molar-refractivity contribution in [2.45, 2.75) is 24.9 Å². The summed E-state index contributed by atoms with van der Waals surface area (Å²) in [5.74, 6) is 2.17. The molecule has 0 N–H and O–H groups in total. The molecule has 1 aromatic carbocycles. The van der Waals surface area contributed by atoms with Gasteiger partial charge in [0.2, 0.25) is 5.88 Å². The van der Waals surface area contributed by atoms with Gasteiger partial charge in [-0.25, -0.2) is 9.97 Å². The van der Waals surface area contributed by atoms with Crippen LogP contribution >= 0.6 is 0 Å². The first-order valence-corrected chi connectivity index (χ1v) is 10.0. The fourth-order valence-electron chi connectivity index (χ4n) is 4.08. The van der Waals surface area contributed by atoms with Gasteiger partial charge in [-0.1, -0.05) is 18.2 Å². The van der Waals surface area contributed by atoms with Gasteiger partial charge in [0, 0.05) is 23.7 Å². The SMILES string of the molecule is CN1CCC(c2nccnc2OC2CN(c3ccc4ccccc4n3)C2)CC1. The summed E-state index contributed by atoms with van der Waals surface area (Å²) in [5, 5.41) is 1.17. The molecular weight excluding hydrogens is 350 g/mol. The van der Waals surface area contributed by atoms with Crippen molar-refractivity contribution in [1.82, 2.24) is 19.9 Å². The van der Waals surface area contributed by atoms with Crippen LogP contribution in [0, 0.1) is 0 Å². The zero-order chi connectivity index (χ0) is 18.9. The standard InChI is InChI=1S/C22H25N5O/c1-26-12-8-17(9-13-26)21-22(24-11-10-23-21)28-18-14-27(15-18)20-7-6-16-4-2-3-5-19(16)25-20/h2-7,10-11,17-18H,8-9,12-15H2,1H3. The number of rotatable bonds is 4. The molecule has 0 amide bonds. The molecule has 5 rings (SSSR count). The molecule has 0 radical (unpaired) electrons. The van der Waals surface area contributed by atoms with E-state index in [1.165, 1.54) is 5.39 Å². The summed E-state index contributed by atoms with van der Waals surface area (Å²) >= 11 is 0. The van der Waals surface area contributed by atoms with Crippen molar-refractivity contribution >= 4 is 16.7 Å². The zero-order valence-electron chi connectivity index (χ0n) is 16.2. The van der Waals surface area contributed by atoms with Crippen LogP contribution in [-0.2, 0) is 0 Å². The van der Waals surface area contributed by atoms with Gasteiger partial charge in [-0.15, -0.1) is 0 Å². The first-order chi connectivity index (χ1) is 13.8. The molecule has 0 unspecified atom stereocenters. The lowest BCUT2D eigenvalue weighted by Crippen LogP contribution is -2.54. The van der Waals surface area contributed by atoms with E-state index in [1.54, 1.807) is 12.4 Å². The Morgan fingerprint density at radius 3 is 2.61 bits per heavy atom. The lowest BCUT2D eigenvalue weighted by molar-refractivity contribution is 0.154. The predicted molar refractivity (Wildman–Crippen MR) is 110 cm³/mol. The van der Waals surface area contributed by atoms with Crippen LogP contribution in [0.5, 0.6) is 5.88 Å². The number of likely N-dealkylation sites (tertiary alicyclic amines) is 1. The van der Waals surface area contributed by atoms with Crippen molar-refractivity contribution in [2.75, 3.05) is 38.1 Å².